The molecule has 202 valence electrons. The summed E-state index contributed by atoms with van der Waals surface area (Å²) in [6.07, 6.45) is -3.57. The number of rotatable bonds is 7. The van der Waals surface area contributed by atoms with Crippen LogP contribution in [0.5, 0.6) is 23.0 Å². The summed E-state index contributed by atoms with van der Waals surface area (Å²) in [5.41, 5.74) is 1.97. The lowest BCUT2D eigenvalue weighted by Crippen LogP contribution is -2.43. The number of nitrogens with zero attached hydrogens (tertiary/aromatic N) is 1. The van der Waals surface area contributed by atoms with Crippen LogP contribution in [0.15, 0.2) is 54.6 Å². The molecule has 10 heteroatoms. The summed E-state index contributed by atoms with van der Waals surface area (Å²) >= 11 is 0. The van der Waals surface area contributed by atoms with Crippen molar-refractivity contribution in [3.63, 3.8) is 0 Å². The number of halogens is 3. The number of hydrogen-bond acceptors (Lipinski definition) is 5. The van der Waals surface area contributed by atoms with E-state index in [1.165, 1.54) is 19.2 Å². The third-order valence-electron chi connectivity index (χ3n) is 6.58. The van der Waals surface area contributed by atoms with Gasteiger partial charge in [0.1, 0.15) is 0 Å². The summed E-state index contributed by atoms with van der Waals surface area (Å²) in [6.45, 7) is 0.352. The van der Waals surface area contributed by atoms with E-state index >= 15 is 0 Å². The molecule has 1 aliphatic rings. The molecule has 38 heavy (non-hydrogen) atoms. The number of fused-ring (bicyclic) bond motifs is 1. The van der Waals surface area contributed by atoms with Crippen molar-refractivity contribution in [3.8, 4) is 23.0 Å². The molecule has 0 radical (unpaired) electrons. The summed E-state index contributed by atoms with van der Waals surface area (Å²) < 4.78 is 61.4. The summed E-state index contributed by atoms with van der Waals surface area (Å²) in [6, 6.07) is 12.9. The average Bonchev–Trinajstić information content (AvgIpc) is 2.91. The van der Waals surface area contributed by atoms with E-state index in [1.807, 2.05) is 24.3 Å². The number of methoxy groups -OCH3 is 4. The molecule has 0 saturated carbocycles. The highest BCUT2D eigenvalue weighted by molar-refractivity contribution is 5.90. The Morgan fingerprint density at radius 1 is 0.895 bits per heavy atom. The minimum absolute atomic E-state index is 0.0628. The van der Waals surface area contributed by atoms with E-state index < -0.39 is 23.8 Å². The Balaban J connectivity index is 1.71. The molecular formula is C28H29F3N2O5. The van der Waals surface area contributed by atoms with Crippen molar-refractivity contribution in [2.75, 3.05) is 40.3 Å². The average molecular weight is 531 g/mol. The van der Waals surface area contributed by atoms with Gasteiger partial charge in [0, 0.05) is 12.2 Å². The van der Waals surface area contributed by atoms with Crippen molar-refractivity contribution in [2.24, 2.45) is 0 Å². The van der Waals surface area contributed by atoms with Gasteiger partial charge < -0.3 is 29.2 Å². The van der Waals surface area contributed by atoms with E-state index in [2.05, 4.69) is 5.32 Å². The van der Waals surface area contributed by atoms with E-state index in [9.17, 15) is 18.0 Å². The van der Waals surface area contributed by atoms with Crippen molar-refractivity contribution in [2.45, 2.75) is 25.1 Å². The first-order valence-electron chi connectivity index (χ1n) is 11.9. The van der Waals surface area contributed by atoms with Crippen LogP contribution in [0.3, 0.4) is 0 Å². The lowest BCUT2D eigenvalue weighted by atomic mass is 9.88. The van der Waals surface area contributed by atoms with Crippen molar-refractivity contribution in [1.82, 2.24) is 4.90 Å². The summed E-state index contributed by atoms with van der Waals surface area (Å²) in [5.74, 6) is 2.22. The zero-order valence-electron chi connectivity index (χ0n) is 21.5. The fraction of sp³-hybridized carbons (Fsp3) is 0.321. The predicted octanol–water partition coefficient (Wildman–Crippen LogP) is 6.11. The number of carbonyl (C=O) groups excluding carboxylic acids is 1. The molecule has 1 heterocycles. The van der Waals surface area contributed by atoms with Crippen LogP contribution in [0, 0.1) is 0 Å². The number of hydrogen-bond donors (Lipinski definition) is 1. The number of carbonyl (C=O) groups is 1. The summed E-state index contributed by atoms with van der Waals surface area (Å²) in [5, 5.41) is 2.65. The van der Waals surface area contributed by atoms with Gasteiger partial charge in [-0.25, -0.2) is 4.79 Å². The van der Waals surface area contributed by atoms with E-state index in [0.717, 1.165) is 28.8 Å². The molecule has 0 bridgehead atoms. The van der Waals surface area contributed by atoms with Gasteiger partial charge >= 0.3 is 12.2 Å². The molecular weight excluding hydrogens is 501 g/mol. The van der Waals surface area contributed by atoms with E-state index in [1.54, 1.807) is 32.3 Å². The van der Waals surface area contributed by atoms with Crippen LogP contribution in [0.1, 0.15) is 28.3 Å². The van der Waals surface area contributed by atoms with Gasteiger partial charge in [0.2, 0.25) is 0 Å². The fourth-order valence-electron chi connectivity index (χ4n) is 4.69. The molecule has 0 aromatic heterocycles. The molecule has 1 unspecified atom stereocenters. The second-order valence-corrected chi connectivity index (χ2v) is 8.77. The van der Waals surface area contributed by atoms with Crippen molar-refractivity contribution >= 4 is 11.7 Å². The highest BCUT2D eigenvalue weighted by Crippen LogP contribution is 2.41. The minimum atomic E-state index is -4.52. The highest BCUT2D eigenvalue weighted by atomic mass is 19.4. The van der Waals surface area contributed by atoms with Gasteiger partial charge in [0.25, 0.3) is 0 Å². The number of nitrogens with one attached hydrogen (secondary N) is 1. The summed E-state index contributed by atoms with van der Waals surface area (Å²) in [7, 11) is 6.19. The molecule has 0 fully saturated rings. The van der Waals surface area contributed by atoms with Crippen molar-refractivity contribution < 1.29 is 36.9 Å². The van der Waals surface area contributed by atoms with Crippen molar-refractivity contribution in [1.29, 1.82) is 0 Å². The molecule has 7 nitrogen and oxygen atoms in total. The zero-order chi connectivity index (χ0) is 27.4. The molecule has 0 aliphatic carbocycles. The zero-order valence-corrected chi connectivity index (χ0v) is 21.5. The Kier molecular flexibility index (Phi) is 7.89. The smallest absolute Gasteiger partial charge is 0.416 e. The monoisotopic (exact) mass is 530 g/mol. The number of anilines is 1. The number of alkyl halides is 3. The van der Waals surface area contributed by atoms with Crippen LogP contribution in [0.25, 0.3) is 0 Å². The van der Waals surface area contributed by atoms with Crippen LogP contribution in [-0.2, 0) is 19.0 Å². The minimum Gasteiger partial charge on any atom is -0.493 e. The van der Waals surface area contributed by atoms with Gasteiger partial charge in [-0.15, -0.1) is 0 Å². The molecule has 4 rings (SSSR count). The fourth-order valence-corrected chi connectivity index (χ4v) is 4.69. The van der Waals surface area contributed by atoms with E-state index in [0.29, 0.717) is 42.4 Å². The van der Waals surface area contributed by atoms with Crippen LogP contribution in [-0.4, -0.2) is 45.9 Å². The first-order chi connectivity index (χ1) is 18.2. The van der Waals surface area contributed by atoms with Crippen molar-refractivity contribution in [3.05, 3.63) is 76.9 Å². The van der Waals surface area contributed by atoms with Gasteiger partial charge in [-0.3, -0.25) is 0 Å². The van der Waals surface area contributed by atoms with Gasteiger partial charge in [-0.05, 0) is 72.0 Å². The molecule has 2 amide bonds. The number of ether oxygens (including phenoxy) is 4. The largest absolute Gasteiger partial charge is 0.493 e. The maximum atomic E-state index is 13.5. The second-order valence-electron chi connectivity index (χ2n) is 8.77. The van der Waals surface area contributed by atoms with Gasteiger partial charge in [0.05, 0.1) is 40.0 Å². The lowest BCUT2D eigenvalue weighted by Gasteiger charge is -2.38. The van der Waals surface area contributed by atoms with Crippen LogP contribution in [0.2, 0.25) is 0 Å². The molecule has 1 N–H and O–H groups in total. The van der Waals surface area contributed by atoms with Gasteiger partial charge in [-0.2, -0.15) is 13.2 Å². The van der Waals surface area contributed by atoms with Crippen LogP contribution in [0.4, 0.5) is 23.7 Å². The molecule has 1 aliphatic heterocycles. The number of urea groups is 1. The Bertz CT molecular complexity index is 1310. The second kappa shape index (κ2) is 11.1. The molecule has 3 aromatic carbocycles. The predicted molar refractivity (Wildman–Crippen MR) is 136 cm³/mol. The number of benzene rings is 3. The first-order valence-corrected chi connectivity index (χ1v) is 11.9. The Hall–Kier alpha value is -4.08. The number of amides is 2. The normalized spacial score (nSPS) is 14.9. The lowest BCUT2D eigenvalue weighted by molar-refractivity contribution is -0.137. The maximum absolute atomic E-state index is 13.5. The third kappa shape index (κ3) is 5.58. The maximum Gasteiger partial charge on any atom is 0.416 e. The SMILES string of the molecule is COc1ccc(CC2c3cc(OC)c(OC)cc3CCN2C(=O)Nc2cccc(C(F)(F)F)c2)cc1OC. The summed E-state index contributed by atoms with van der Waals surface area (Å²) in [4.78, 5) is 15.1. The quantitative estimate of drug-likeness (QED) is 0.399. The molecule has 1 atom stereocenters. The Morgan fingerprint density at radius 2 is 1.55 bits per heavy atom. The van der Waals surface area contributed by atoms with E-state index in [-0.39, 0.29) is 5.69 Å². The molecule has 0 spiro atoms. The molecule has 0 saturated heterocycles. The molecule has 3 aromatic rings. The Labute approximate surface area is 219 Å². The highest BCUT2D eigenvalue weighted by Gasteiger charge is 2.34. The van der Waals surface area contributed by atoms with Gasteiger partial charge in [-0.1, -0.05) is 12.1 Å². The van der Waals surface area contributed by atoms with Crippen LogP contribution < -0.4 is 24.3 Å². The standard InChI is InChI=1S/C28H29F3N2O5/c1-35-23-9-8-17(13-24(23)36-2)12-22-21-16-26(38-4)25(37-3)14-18(21)10-11-33(22)27(34)32-20-7-5-6-19(15-20)28(29,30)31/h5-9,13-16,22H,10-12H2,1-4H3,(H,32,34). The first kappa shape index (κ1) is 27.0. The Morgan fingerprint density at radius 3 is 2.21 bits per heavy atom. The third-order valence-corrected chi connectivity index (χ3v) is 6.58. The van der Waals surface area contributed by atoms with Gasteiger partial charge in [0.15, 0.2) is 23.0 Å². The van der Waals surface area contributed by atoms with Crippen LogP contribution >= 0.6 is 0 Å². The topological polar surface area (TPSA) is 69.3 Å². The van der Waals surface area contributed by atoms with E-state index in [4.69, 9.17) is 18.9 Å².